The second-order valence-corrected chi connectivity index (χ2v) is 5.66. The summed E-state index contributed by atoms with van der Waals surface area (Å²) in [5, 5.41) is 23.0. The minimum absolute atomic E-state index is 0.0675. The van der Waals surface area contributed by atoms with E-state index in [4.69, 9.17) is 5.11 Å². The normalized spacial score (nSPS) is 10.7. The van der Waals surface area contributed by atoms with E-state index in [9.17, 15) is 9.90 Å². The molecule has 0 radical (unpaired) electrons. The Kier molecular flexibility index (Phi) is 4.77. The predicted octanol–water partition coefficient (Wildman–Crippen LogP) is 3.32. The molecule has 0 aliphatic carbocycles. The van der Waals surface area contributed by atoms with Crippen LogP contribution >= 0.6 is 0 Å². The Balaban J connectivity index is 1.85. The zero-order valence-electron chi connectivity index (χ0n) is 13.2. The molecule has 1 amide bonds. The van der Waals surface area contributed by atoms with Crippen LogP contribution in [0.1, 0.15) is 16.8 Å². The topological polar surface area (TPSA) is 69.6 Å². The smallest absolute Gasteiger partial charge is 0.251 e. The maximum absolute atomic E-state index is 12.1. The van der Waals surface area contributed by atoms with Crippen molar-refractivity contribution in [3.63, 3.8) is 0 Å². The molecule has 0 spiro atoms. The van der Waals surface area contributed by atoms with E-state index < -0.39 is 0 Å². The highest BCUT2D eigenvalue weighted by atomic mass is 16.3. The van der Waals surface area contributed by atoms with E-state index in [-0.39, 0.29) is 18.3 Å². The van der Waals surface area contributed by atoms with E-state index in [1.807, 2.05) is 36.4 Å². The van der Waals surface area contributed by atoms with Crippen LogP contribution in [-0.2, 0) is 0 Å². The summed E-state index contributed by atoms with van der Waals surface area (Å²) in [4.78, 5) is 12.1. The van der Waals surface area contributed by atoms with Crippen LogP contribution < -0.4 is 5.32 Å². The number of benzene rings is 3. The molecule has 4 nitrogen and oxygen atoms in total. The minimum Gasteiger partial charge on any atom is -0.508 e. The molecule has 3 rings (SSSR count). The van der Waals surface area contributed by atoms with Gasteiger partial charge < -0.3 is 15.5 Å². The van der Waals surface area contributed by atoms with E-state index in [1.165, 1.54) is 0 Å². The lowest BCUT2D eigenvalue weighted by molar-refractivity contribution is 0.0951. The first-order chi connectivity index (χ1) is 11.7. The van der Waals surface area contributed by atoms with Crippen molar-refractivity contribution in [1.29, 1.82) is 0 Å². The molecule has 3 aromatic rings. The number of hydrogen-bond acceptors (Lipinski definition) is 3. The molecule has 0 aliphatic rings. The molecular weight excluding hydrogens is 302 g/mol. The van der Waals surface area contributed by atoms with Crippen LogP contribution in [0.4, 0.5) is 0 Å². The molecule has 0 saturated heterocycles. The molecule has 0 heterocycles. The third-order valence-corrected chi connectivity index (χ3v) is 3.92. The Bertz CT molecular complexity index is 856. The first-order valence-electron chi connectivity index (χ1n) is 7.89. The maximum atomic E-state index is 12.1. The van der Waals surface area contributed by atoms with Crippen LogP contribution in [0, 0.1) is 0 Å². The number of nitrogens with one attached hydrogen (secondary N) is 1. The number of phenols is 1. The number of phenolic OH excluding ortho intramolecular Hbond substituents is 1. The zero-order chi connectivity index (χ0) is 16.9. The van der Waals surface area contributed by atoms with Gasteiger partial charge in [0, 0.05) is 18.7 Å². The molecule has 0 fully saturated rings. The second kappa shape index (κ2) is 7.15. The number of aliphatic hydroxyl groups is 1. The molecule has 0 unspecified atom stereocenters. The zero-order valence-corrected chi connectivity index (χ0v) is 13.2. The predicted molar refractivity (Wildman–Crippen MR) is 95.1 cm³/mol. The number of rotatable bonds is 5. The molecule has 3 aromatic carbocycles. The summed E-state index contributed by atoms with van der Waals surface area (Å²) in [7, 11) is 0. The first kappa shape index (κ1) is 16.0. The fourth-order valence-electron chi connectivity index (χ4n) is 2.60. The standard InChI is InChI=1S/C20H19NO3/c22-11-1-10-21-20(24)18-5-4-16-12-15(2-3-17(16)13-18)14-6-8-19(23)9-7-14/h2-9,12-13,22-23H,1,10-11H2,(H,21,24). The number of hydrogen-bond donors (Lipinski definition) is 3. The van der Waals surface area contributed by atoms with Crippen molar-refractivity contribution in [2.75, 3.05) is 13.2 Å². The van der Waals surface area contributed by atoms with Gasteiger partial charge in [0.2, 0.25) is 0 Å². The van der Waals surface area contributed by atoms with Crippen LogP contribution in [0.15, 0.2) is 60.7 Å². The number of aliphatic hydroxyl groups excluding tert-OH is 1. The molecule has 3 N–H and O–H groups in total. The molecule has 24 heavy (non-hydrogen) atoms. The van der Waals surface area contributed by atoms with E-state index in [2.05, 4.69) is 11.4 Å². The van der Waals surface area contributed by atoms with Crippen molar-refractivity contribution in [3.05, 3.63) is 66.2 Å². The summed E-state index contributed by atoms with van der Waals surface area (Å²) in [5.74, 6) is 0.115. The lowest BCUT2D eigenvalue weighted by Crippen LogP contribution is -2.24. The first-order valence-corrected chi connectivity index (χ1v) is 7.89. The largest absolute Gasteiger partial charge is 0.508 e. The molecule has 0 aliphatic heterocycles. The summed E-state index contributed by atoms with van der Waals surface area (Å²) in [6, 6.07) is 18.7. The number of carbonyl (C=O) groups is 1. The van der Waals surface area contributed by atoms with Gasteiger partial charge in [0.05, 0.1) is 0 Å². The van der Waals surface area contributed by atoms with Gasteiger partial charge in [0.25, 0.3) is 5.91 Å². The number of carbonyl (C=O) groups excluding carboxylic acids is 1. The molecule has 0 aromatic heterocycles. The van der Waals surface area contributed by atoms with Crippen LogP contribution in [0.5, 0.6) is 5.75 Å². The summed E-state index contributed by atoms with van der Waals surface area (Å²) < 4.78 is 0. The van der Waals surface area contributed by atoms with Crippen molar-refractivity contribution >= 4 is 16.7 Å². The van der Waals surface area contributed by atoms with Gasteiger partial charge in [-0.3, -0.25) is 4.79 Å². The fraction of sp³-hybridized carbons (Fsp3) is 0.150. The molecular formula is C20H19NO3. The lowest BCUT2D eigenvalue weighted by atomic mass is 10.00. The van der Waals surface area contributed by atoms with Gasteiger partial charge in [-0.05, 0) is 58.7 Å². The SMILES string of the molecule is O=C(NCCCO)c1ccc2cc(-c3ccc(O)cc3)ccc2c1. The van der Waals surface area contributed by atoms with E-state index >= 15 is 0 Å². The van der Waals surface area contributed by atoms with Gasteiger partial charge >= 0.3 is 0 Å². The monoisotopic (exact) mass is 321 g/mol. The van der Waals surface area contributed by atoms with Crippen molar-refractivity contribution in [2.24, 2.45) is 0 Å². The highest BCUT2D eigenvalue weighted by molar-refractivity contribution is 5.99. The average Bonchev–Trinajstić information content (AvgIpc) is 2.61. The minimum atomic E-state index is -0.132. The Morgan fingerprint density at radius 1 is 0.875 bits per heavy atom. The quantitative estimate of drug-likeness (QED) is 0.631. The Morgan fingerprint density at radius 3 is 2.29 bits per heavy atom. The van der Waals surface area contributed by atoms with Crippen LogP contribution in [0.25, 0.3) is 21.9 Å². The second-order valence-electron chi connectivity index (χ2n) is 5.66. The maximum Gasteiger partial charge on any atom is 0.251 e. The van der Waals surface area contributed by atoms with Gasteiger partial charge in [-0.15, -0.1) is 0 Å². The van der Waals surface area contributed by atoms with Crippen molar-refractivity contribution in [2.45, 2.75) is 6.42 Å². The van der Waals surface area contributed by atoms with Crippen LogP contribution in [-0.4, -0.2) is 29.3 Å². The van der Waals surface area contributed by atoms with Crippen molar-refractivity contribution < 1.29 is 15.0 Å². The van der Waals surface area contributed by atoms with Crippen molar-refractivity contribution in [1.82, 2.24) is 5.32 Å². The fourth-order valence-corrected chi connectivity index (χ4v) is 2.60. The molecule has 0 saturated carbocycles. The molecule has 0 bridgehead atoms. The lowest BCUT2D eigenvalue weighted by Gasteiger charge is -2.07. The van der Waals surface area contributed by atoms with Gasteiger partial charge in [-0.2, -0.15) is 0 Å². The molecule has 122 valence electrons. The third kappa shape index (κ3) is 3.55. The summed E-state index contributed by atoms with van der Waals surface area (Å²) >= 11 is 0. The highest BCUT2D eigenvalue weighted by Crippen LogP contribution is 2.26. The number of fused-ring (bicyclic) bond motifs is 1. The number of aromatic hydroxyl groups is 1. The Morgan fingerprint density at radius 2 is 1.54 bits per heavy atom. The number of amides is 1. The Hall–Kier alpha value is -2.85. The molecule has 4 heteroatoms. The van der Waals surface area contributed by atoms with Crippen molar-refractivity contribution in [3.8, 4) is 16.9 Å². The van der Waals surface area contributed by atoms with Gasteiger partial charge in [-0.1, -0.05) is 30.3 Å². The average molecular weight is 321 g/mol. The van der Waals surface area contributed by atoms with E-state index in [1.54, 1.807) is 18.2 Å². The van der Waals surface area contributed by atoms with Crippen LogP contribution in [0.2, 0.25) is 0 Å². The third-order valence-electron chi connectivity index (χ3n) is 3.92. The summed E-state index contributed by atoms with van der Waals surface area (Å²) in [5.41, 5.74) is 2.70. The van der Waals surface area contributed by atoms with E-state index in [0.717, 1.165) is 21.9 Å². The van der Waals surface area contributed by atoms with E-state index in [0.29, 0.717) is 18.5 Å². The Labute approximate surface area is 140 Å². The molecule has 0 atom stereocenters. The summed E-state index contributed by atoms with van der Waals surface area (Å²) in [6.45, 7) is 0.533. The van der Waals surface area contributed by atoms with Crippen LogP contribution in [0.3, 0.4) is 0 Å². The van der Waals surface area contributed by atoms with Gasteiger partial charge in [-0.25, -0.2) is 0 Å². The van der Waals surface area contributed by atoms with Gasteiger partial charge in [0.1, 0.15) is 5.75 Å². The summed E-state index contributed by atoms with van der Waals surface area (Å²) in [6.07, 6.45) is 0.551. The highest BCUT2D eigenvalue weighted by Gasteiger charge is 2.07. The van der Waals surface area contributed by atoms with Gasteiger partial charge in [0.15, 0.2) is 0 Å².